The van der Waals surface area contributed by atoms with E-state index in [0.29, 0.717) is 11.5 Å². The van der Waals surface area contributed by atoms with Gasteiger partial charge in [0.25, 0.3) is 0 Å². The van der Waals surface area contributed by atoms with Gasteiger partial charge in [-0.15, -0.1) is 0 Å². The van der Waals surface area contributed by atoms with Gasteiger partial charge in [-0.25, -0.2) is 0 Å². The topological polar surface area (TPSA) is 78.5 Å². The van der Waals surface area contributed by atoms with Gasteiger partial charge in [0, 0.05) is 12.0 Å². The second kappa shape index (κ2) is 2.56. The van der Waals surface area contributed by atoms with Crippen molar-refractivity contribution < 1.29 is 0 Å². The Morgan fingerprint density at radius 1 is 1.70 bits per heavy atom. The molecule has 0 spiro atoms. The van der Waals surface area contributed by atoms with Crippen LogP contribution in [0.2, 0.25) is 0 Å². The van der Waals surface area contributed by atoms with Crippen molar-refractivity contribution in [2.75, 3.05) is 5.73 Å². The molecule has 0 aliphatic heterocycles. The Bertz CT molecular complexity index is 319. The average Bonchev–Trinajstić information content (AvgIpc) is 2.31. The molecule has 0 amide bonds. The standard InChI is InChI=1S/C6H4N4/c7-3-1-2-5-4-6(8)10-9-5/h4H,(H3,8,9,10). The van der Waals surface area contributed by atoms with Crippen LogP contribution < -0.4 is 5.73 Å². The Morgan fingerprint density at radius 2 is 2.50 bits per heavy atom. The number of nitrogens with zero attached hydrogens (tertiary/aromatic N) is 2. The number of hydrogen-bond acceptors (Lipinski definition) is 3. The summed E-state index contributed by atoms with van der Waals surface area (Å²) in [4.78, 5) is 0. The highest BCUT2D eigenvalue weighted by Gasteiger charge is 1.89. The number of anilines is 1. The monoisotopic (exact) mass is 132 g/mol. The third-order valence-corrected chi connectivity index (χ3v) is 0.851. The Labute approximate surface area is 57.7 Å². The lowest BCUT2D eigenvalue weighted by molar-refractivity contribution is 1.08. The highest BCUT2D eigenvalue weighted by Crippen LogP contribution is 1.96. The summed E-state index contributed by atoms with van der Waals surface area (Å²) in [6, 6.07) is 3.24. The summed E-state index contributed by atoms with van der Waals surface area (Å²) in [5.41, 5.74) is 5.81. The third kappa shape index (κ3) is 1.27. The second-order valence-electron chi connectivity index (χ2n) is 1.57. The maximum atomic E-state index is 8.05. The summed E-state index contributed by atoms with van der Waals surface area (Å²) >= 11 is 0. The maximum absolute atomic E-state index is 8.05. The number of H-pyrrole nitrogens is 1. The van der Waals surface area contributed by atoms with Gasteiger partial charge in [0.2, 0.25) is 0 Å². The van der Waals surface area contributed by atoms with Crippen LogP contribution in [0.3, 0.4) is 0 Å². The summed E-state index contributed by atoms with van der Waals surface area (Å²) in [7, 11) is 0. The van der Waals surface area contributed by atoms with E-state index in [0.717, 1.165) is 0 Å². The molecule has 0 unspecified atom stereocenters. The smallest absolute Gasteiger partial charge is 0.152 e. The molecule has 1 aromatic rings. The van der Waals surface area contributed by atoms with E-state index in [2.05, 4.69) is 22.0 Å². The van der Waals surface area contributed by atoms with Gasteiger partial charge in [-0.05, 0) is 5.92 Å². The number of aromatic nitrogens is 2. The molecule has 0 aromatic carbocycles. The van der Waals surface area contributed by atoms with E-state index < -0.39 is 0 Å². The lowest BCUT2D eigenvalue weighted by atomic mass is 10.4. The van der Waals surface area contributed by atoms with Gasteiger partial charge in [-0.2, -0.15) is 10.4 Å². The first-order valence-electron chi connectivity index (χ1n) is 2.54. The van der Waals surface area contributed by atoms with Crippen LogP contribution >= 0.6 is 0 Å². The van der Waals surface area contributed by atoms with Crippen LogP contribution in [0.1, 0.15) is 5.69 Å². The molecule has 0 saturated heterocycles. The molecule has 1 heterocycles. The predicted octanol–water partition coefficient (Wildman–Crippen LogP) is -0.133. The number of nitrogen functional groups attached to an aromatic ring is 1. The van der Waals surface area contributed by atoms with E-state index in [1.54, 1.807) is 12.1 Å². The number of hydrogen-bond donors (Lipinski definition) is 2. The Morgan fingerprint density at radius 3 is 3.00 bits per heavy atom. The molecule has 4 heteroatoms. The Hall–Kier alpha value is -1.94. The highest BCUT2D eigenvalue weighted by molar-refractivity contribution is 5.39. The number of nitrogens with one attached hydrogen (secondary N) is 1. The Kier molecular flexibility index (Phi) is 1.58. The first-order chi connectivity index (χ1) is 4.83. The van der Waals surface area contributed by atoms with E-state index in [1.807, 2.05) is 0 Å². The van der Waals surface area contributed by atoms with Crippen molar-refractivity contribution in [2.45, 2.75) is 0 Å². The molecule has 1 rings (SSSR count). The van der Waals surface area contributed by atoms with Crippen molar-refractivity contribution in [1.82, 2.24) is 10.2 Å². The number of rotatable bonds is 0. The zero-order valence-electron chi connectivity index (χ0n) is 5.05. The number of aromatic amines is 1. The molecular weight excluding hydrogens is 128 g/mol. The first-order valence-corrected chi connectivity index (χ1v) is 2.54. The van der Waals surface area contributed by atoms with Crippen molar-refractivity contribution in [1.29, 1.82) is 5.26 Å². The van der Waals surface area contributed by atoms with Crippen LogP contribution in [-0.2, 0) is 0 Å². The zero-order valence-corrected chi connectivity index (χ0v) is 5.05. The van der Waals surface area contributed by atoms with Crippen LogP contribution in [0, 0.1) is 23.2 Å². The fourth-order valence-electron chi connectivity index (χ4n) is 0.497. The van der Waals surface area contributed by atoms with Gasteiger partial charge in [-0.3, -0.25) is 5.10 Å². The quantitative estimate of drug-likeness (QED) is 0.482. The normalized spacial score (nSPS) is 7.50. The molecule has 4 nitrogen and oxygen atoms in total. The number of nitriles is 1. The van der Waals surface area contributed by atoms with Crippen LogP contribution in [0.5, 0.6) is 0 Å². The maximum Gasteiger partial charge on any atom is 0.152 e. The molecule has 0 fully saturated rings. The van der Waals surface area contributed by atoms with Gasteiger partial charge < -0.3 is 5.73 Å². The van der Waals surface area contributed by atoms with Gasteiger partial charge in [0.05, 0.1) is 0 Å². The van der Waals surface area contributed by atoms with Crippen molar-refractivity contribution in [3.63, 3.8) is 0 Å². The predicted molar refractivity (Wildman–Crippen MR) is 35.5 cm³/mol. The zero-order chi connectivity index (χ0) is 7.40. The molecule has 0 aliphatic carbocycles. The summed E-state index contributed by atoms with van der Waals surface area (Å²) in [6.45, 7) is 0. The molecule has 0 radical (unpaired) electrons. The van der Waals surface area contributed by atoms with Gasteiger partial charge >= 0.3 is 0 Å². The van der Waals surface area contributed by atoms with Gasteiger partial charge in [0.1, 0.15) is 11.5 Å². The Balaban J connectivity index is 2.89. The fourth-order valence-corrected chi connectivity index (χ4v) is 0.497. The van der Waals surface area contributed by atoms with Crippen molar-refractivity contribution >= 4 is 5.82 Å². The van der Waals surface area contributed by atoms with Crippen LogP contribution in [0.25, 0.3) is 0 Å². The van der Waals surface area contributed by atoms with Gasteiger partial charge in [-0.1, -0.05) is 0 Å². The summed E-state index contributed by atoms with van der Waals surface area (Å²) in [6.07, 6.45) is 0. The van der Waals surface area contributed by atoms with Gasteiger partial charge in [0.15, 0.2) is 6.07 Å². The van der Waals surface area contributed by atoms with Crippen molar-refractivity contribution in [3.8, 4) is 17.9 Å². The molecule has 0 aliphatic rings. The largest absolute Gasteiger partial charge is 0.382 e. The number of nitrogens with two attached hydrogens (primary N) is 1. The van der Waals surface area contributed by atoms with E-state index in [9.17, 15) is 0 Å². The molecule has 0 saturated carbocycles. The lowest BCUT2D eigenvalue weighted by Crippen LogP contribution is -1.81. The molecule has 1 aromatic heterocycles. The molecule has 3 N–H and O–H groups in total. The highest BCUT2D eigenvalue weighted by atomic mass is 15.1. The molecule has 0 bridgehead atoms. The summed E-state index contributed by atoms with van der Waals surface area (Å²) in [5.74, 6) is 5.09. The third-order valence-electron chi connectivity index (χ3n) is 0.851. The van der Waals surface area contributed by atoms with Crippen LogP contribution in [0.15, 0.2) is 6.07 Å². The average molecular weight is 132 g/mol. The minimum Gasteiger partial charge on any atom is -0.382 e. The van der Waals surface area contributed by atoms with Crippen molar-refractivity contribution in [3.05, 3.63) is 11.8 Å². The minimum atomic E-state index is 0.377. The lowest BCUT2D eigenvalue weighted by Gasteiger charge is -1.70. The molecular formula is C6H4N4. The molecule has 48 valence electrons. The molecule has 10 heavy (non-hydrogen) atoms. The summed E-state index contributed by atoms with van der Waals surface area (Å²) in [5, 5.41) is 14.2. The van der Waals surface area contributed by atoms with E-state index in [1.165, 1.54) is 0 Å². The minimum absolute atomic E-state index is 0.377. The van der Waals surface area contributed by atoms with Crippen molar-refractivity contribution in [2.24, 2.45) is 0 Å². The van der Waals surface area contributed by atoms with E-state index in [-0.39, 0.29) is 0 Å². The van der Waals surface area contributed by atoms with E-state index >= 15 is 0 Å². The first kappa shape index (κ1) is 6.18. The van der Waals surface area contributed by atoms with Crippen LogP contribution in [-0.4, -0.2) is 10.2 Å². The van der Waals surface area contributed by atoms with Crippen LogP contribution in [0.4, 0.5) is 5.82 Å². The second-order valence-corrected chi connectivity index (χ2v) is 1.57. The molecule has 0 atom stereocenters. The van der Waals surface area contributed by atoms with E-state index in [4.69, 9.17) is 11.0 Å². The SMILES string of the molecule is N#CC#Cc1cc(N)n[nH]1. The fraction of sp³-hybridized carbons (Fsp3) is 0. The summed E-state index contributed by atoms with van der Waals surface area (Å²) < 4.78 is 0.